The Morgan fingerprint density at radius 1 is 1.07 bits per heavy atom. The SMILES string of the molecule is CCN(CC)C(=O)/C(=C/c1cn(C)c2ccccc12)NC(=O)c1ccccc1OC. The summed E-state index contributed by atoms with van der Waals surface area (Å²) in [5.41, 5.74) is 2.51. The van der Waals surface area contributed by atoms with Crippen molar-refractivity contribution in [2.75, 3.05) is 20.2 Å². The van der Waals surface area contributed by atoms with Crippen LogP contribution in [-0.2, 0) is 11.8 Å². The number of para-hydroxylation sites is 2. The van der Waals surface area contributed by atoms with Crippen molar-refractivity contribution in [3.05, 3.63) is 71.6 Å². The van der Waals surface area contributed by atoms with Crippen LogP contribution in [0.5, 0.6) is 5.75 Å². The molecule has 0 aliphatic carbocycles. The molecule has 3 rings (SSSR count). The first-order chi connectivity index (χ1) is 14.5. The Bertz CT molecular complexity index is 1090. The molecule has 0 spiro atoms. The average Bonchev–Trinajstić information content (AvgIpc) is 3.09. The van der Waals surface area contributed by atoms with Crippen molar-refractivity contribution in [1.29, 1.82) is 0 Å². The fraction of sp³-hybridized carbons (Fsp3) is 0.250. The standard InChI is InChI=1S/C24H27N3O3/c1-5-27(6-2)24(29)20(25-23(28)19-12-8-10-14-22(19)30-4)15-17-16-26(3)21-13-9-7-11-18(17)21/h7-16H,5-6H2,1-4H3,(H,25,28)/b20-15-. The lowest BCUT2D eigenvalue weighted by molar-refractivity contribution is -0.127. The number of aromatic nitrogens is 1. The number of likely N-dealkylation sites (N-methyl/N-ethyl adjacent to an activating group) is 1. The minimum atomic E-state index is -0.389. The number of fused-ring (bicyclic) bond motifs is 1. The van der Waals surface area contributed by atoms with Crippen LogP contribution >= 0.6 is 0 Å². The summed E-state index contributed by atoms with van der Waals surface area (Å²) in [6, 6.07) is 14.9. The molecule has 1 N–H and O–H groups in total. The molecule has 156 valence electrons. The summed E-state index contributed by atoms with van der Waals surface area (Å²) in [5.74, 6) is -0.162. The number of ether oxygens (including phenoxy) is 1. The van der Waals surface area contributed by atoms with E-state index in [2.05, 4.69) is 5.32 Å². The smallest absolute Gasteiger partial charge is 0.270 e. The van der Waals surface area contributed by atoms with Gasteiger partial charge < -0.3 is 19.5 Å². The largest absolute Gasteiger partial charge is 0.496 e. The van der Waals surface area contributed by atoms with Crippen LogP contribution in [0.4, 0.5) is 0 Å². The van der Waals surface area contributed by atoms with Crippen LogP contribution in [0.2, 0.25) is 0 Å². The van der Waals surface area contributed by atoms with Crippen LogP contribution < -0.4 is 10.1 Å². The van der Waals surface area contributed by atoms with E-state index in [9.17, 15) is 9.59 Å². The number of nitrogens with one attached hydrogen (secondary N) is 1. The zero-order chi connectivity index (χ0) is 21.7. The van der Waals surface area contributed by atoms with Crippen LogP contribution in [0.1, 0.15) is 29.8 Å². The number of methoxy groups -OCH3 is 1. The number of nitrogens with zero attached hydrogens (tertiary/aromatic N) is 2. The van der Waals surface area contributed by atoms with E-state index >= 15 is 0 Å². The van der Waals surface area contributed by atoms with E-state index in [1.807, 2.05) is 55.9 Å². The van der Waals surface area contributed by atoms with Crippen LogP contribution in [-0.4, -0.2) is 41.5 Å². The maximum Gasteiger partial charge on any atom is 0.270 e. The molecule has 0 saturated carbocycles. The third kappa shape index (κ3) is 4.22. The maximum absolute atomic E-state index is 13.2. The van der Waals surface area contributed by atoms with Crippen LogP contribution in [0.15, 0.2) is 60.4 Å². The lowest BCUT2D eigenvalue weighted by atomic mass is 10.1. The molecule has 1 aromatic heterocycles. The first-order valence-corrected chi connectivity index (χ1v) is 9.99. The van der Waals surface area contributed by atoms with Gasteiger partial charge in [-0.2, -0.15) is 0 Å². The van der Waals surface area contributed by atoms with Gasteiger partial charge in [-0.1, -0.05) is 30.3 Å². The fourth-order valence-electron chi connectivity index (χ4n) is 3.50. The Kier molecular flexibility index (Phi) is 6.57. The van der Waals surface area contributed by atoms with Gasteiger partial charge in [0.1, 0.15) is 11.4 Å². The van der Waals surface area contributed by atoms with E-state index in [1.165, 1.54) is 7.11 Å². The molecule has 0 aliphatic heterocycles. The highest BCUT2D eigenvalue weighted by atomic mass is 16.5. The monoisotopic (exact) mass is 405 g/mol. The van der Waals surface area contributed by atoms with Gasteiger partial charge in [0.25, 0.3) is 11.8 Å². The normalized spacial score (nSPS) is 11.4. The van der Waals surface area contributed by atoms with E-state index in [1.54, 1.807) is 35.2 Å². The van der Waals surface area contributed by atoms with E-state index in [0.29, 0.717) is 24.4 Å². The summed E-state index contributed by atoms with van der Waals surface area (Å²) in [7, 11) is 3.47. The second kappa shape index (κ2) is 9.31. The van der Waals surface area contributed by atoms with Crippen molar-refractivity contribution in [2.24, 2.45) is 7.05 Å². The topological polar surface area (TPSA) is 63.6 Å². The van der Waals surface area contributed by atoms with Gasteiger partial charge in [-0.05, 0) is 38.1 Å². The van der Waals surface area contributed by atoms with Crippen molar-refractivity contribution >= 4 is 28.8 Å². The van der Waals surface area contributed by atoms with Gasteiger partial charge in [0.2, 0.25) is 0 Å². The third-order valence-corrected chi connectivity index (χ3v) is 5.11. The molecule has 3 aromatic rings. The number of carbonyl (C=O) groups is 2. The lowest BCUT2D eigenvalue weighted by Crippen LogP contribution is -2.38. The molecular weight excluding hydrogens is 378 g/mol. The Hall–Kier alpha value is -3.54. The number of hydrogen-bond acceptors (Lipinski definition) is 3. The van der Waals surface area contributed by atoms with Crippen molar-refractivity contribution in [1.82, 2.24) is 14.8 Å². The Balaban J connectivity index is 2.05. The second-order valence-electron chi connectivity index (χ2n) is 6.90. The van der Waals surface area contributed by atoms with Gasteiger partial charge in [0.05, 0.1) is 12.7 Å². The van der Waals surface area contributed by atoms with E-state index in [4.69, 9.17) is 4.74 Å². The van der Waals surface area contributed by atoms with E-state index in [0.717, 1.165) is 16.5 Å². The number of rotatable bonds is 7. The summed E-state index contributed by atoms with van der Waals surface area (Å²) in [5, 5.41) is 3.83. The average molecular weight is 405 g/mol. The van der Waals surface area contributed by atoms with Crippen LogP contribution in [0.3, 0.4) is 0 Å². The number of aryl methyl sites for hydroxylation is 1. The molecular formula is C24H27N3O3. The molecule has 1 heterocycles. The first kappa shape index (κ1) is 21.2. The van der Waals surface area contributed by atoms with Crippen molar-refractivity contribution in [3.8, 4) is 5.75 Å². The highest BCUT2D eigenvalue weighted by molar-refractivity contribution is 6.07. The summed E-state index contributed by atoms with van der Waals surface area (Å²) in [6.07, 6.45) is 3.70. The third-order valence-electron chi connectivity index (χ3n) is 5.11. The molecule has 0 fully saturated rings. The molecule has 6 nitrogen and oxygen atoms in total. The molecule has 2 amide bonds. The molecule has 0 atom stereocenters. The molecule has 0 aliphatic rings. The summed E-state index contributed by atoms with van der Waals surface area (Å²) in [4.78, 5) is 27.8. The van der Waals surface area contributed by atoms with E-state index in [-0.39, 0.29) is 17.5 Å². The Morgan fingerprint density at radius 3 is 2.43 bits per heavy atom. The highest BCUT2D eigenvalue weighted by Gasteiger charge is 2.21. The molecule has 0 radical (unpaired) electrons. The quantitative estimate of drug-likeness (QED) is 0.608. The molecule has 6 heteroatoms. The first-order valence-electron chi connectivity index (χ1n) is 9.99. The van der Waals surface area contributed by atoms with Crippen molar-refractivity contribution in [2.45, 2.75) is 13.8 Å². The molecule has 0 unspecified atom stereocenters. The molecule has 0 saturated heterocycles. The van der Waals surface area contributed by atoms with Crippen LogP contribution in [0.25, 0.3) is 17.0 Å². The Morgan fingerprint density at radius 2 is 1.73 bits per heavy atom. The molecule has 2 aromatic carbocycles. The lowest BCUT2D eigenvalue weighted by Gasteiger charge is -2.21. The minimum absolute atomic E-state index is 0.226. The molecule has 0 bridgehead atoms. The zero-order valence-electron chi connectivity index (χ0n) is 17.8. The Labute approximate surface area is 176 Å². The maximum atomic E-state index is 13.2. The predicted octanol–water partition coefficient (Wildman–Crippen LogP) is 3.83. The van der Waals surface area contributed by atoms with Gasteiger partial charge in [-0.3, -0.25) is 9.59 Å². The summed E-state index contributed by atoms with van der Waals surface area (Å²) in [6.45, 7) is 4.93. The second-order valence-corrected chi connectivity index (χ2v) is 6.90. The van der Waals surface area contributed by atoms with Crippen molar-refractivity contribution < 1.29 is 14.3 Å². The summed E-state index contributed by atoms with van der Waals surface area (Å²) >= 11 is 0. The number of hydrogen-bond donors (Lipinski definition) is 1. The van der Waals surface area contributed by atoms with Gasteiger partial charge in [0.15, 0.2) is 0 Å². The van der Waals surface area contributed by atoms with Crippen molar-refractivity contribution in [3.63, 3.8) is 0 Å². The highest BCUT2D eigenvalue weighted by Crippen LogP contribution is 2.23. The van der Waals surface area contributed by atoms with Gasteiger partial charge in [-0.15, -0.1) is 0 Å². The zero-order valence-corrected chi connectivity index (χ0v) is 17.8. The minimum Gasteiger partial charge on any atom is -0.496 e. The van der Waals surface area contributed by atoms with E-state index < -0.39 is 0 Å². The van der Waals surface area contributed by atoms with Gasteiger partial charge in [0, 0.05) is 42.8 Å². The predicted molar refractivity (Wildman–Crippen MR) is 119 cm³/mol. The van der Waals surface area contributed by atoms with Gasteiger partial charge in [-0.25, -0.2) is 0 Å². The number of benzene rings is 2. The molecule has 30 heavy (non-hydrogen) atoms. The number of amides is 2. The fourth-order valence-corrected chi connectivity index (χ4v) is 3.50. The van der Waals surface area contributed by atoms with Gasteiger partial charge >= 0.3 is 0 Å². The summed E-state index contributed by atoms with van der Waals surface area (Å²) < 4.78 is 7.30. The number of carbonyl (C=O) groups excluding carboxylic acids is 2. The van der Waals surface area contributed by atoms with Crippen LogP contribution in [0, 0.1) is 0 Å².